The van der Waals surface area contributed by atoms with Gasteiger partial charge in [0.15, 0.2) is 0 Å². The van der Waals surface area contributed by atoms with Crippen LogP contribution in [0.4, 0.5) is 5.69 Å². The summed E-state index contributed by atoms with van der Waals surface area (Å²) in [4.78, 5) is 16.3. The van der Waals surface area contributed by atoms with E-state index in [0.29, 0.717) is 29.9 Å². The van der Waals surface area contributed by atoms with E-state index >= 15 is 0 Å². The van der Waals surface area contributed by atoms with Crippen molar-refractivity contribution in [1.29, 1.82) is 0 Å². The smallest absolute Gasteiger partial charge is 0.283 e. The van der Waals surface area contributed by atoms with Gasteiger partial charge in [-0.1, -0.05) is 6.07 Å². The van der Waals surface area contributed by atoms with Gasteiger partial charge in [-0.3, -0.25) is 9.78 Å². The molecular weight excluding hydrogens is 324 g/mol. The van der Waals surface area contributed by atoms with Gasteiger partial charge in [0.2, 0.25) is 0 Å². The summed E-state index contributed by atoms with van der Waals surface area (Å²) >= 11 is 3.30. The predicted octanol–water partition coefficient (Wildman–Crippen LogP) is 1.66. The van der Waals surface area contributed by atoms with Gasteiger partial charge >= 0.3 is 0 Å². The maximum Gasteiger partial charge on any atom is 0.283 e. The Morgan fingerprint density at radius 2 is 2.30 bits per heavy atom. The summed E-state index contributed by atoms with van der Waals surface area (Å²) in [5.41, 5.74) is 1.35. The van der Waals surface area contributed by atoms with E-state index in [-0.39, 0.29) is 5.56 Å². The van der Waals surface area contributed by atoms with Gasteiger partial charge in [-0.15, -0.1) is 0 Å². The van der Waals surface area contributed by atoms with Gasteiger partial charge in [0.1, 0.15) is 4.47 Å². The third-order valence-corrected chi connectivity index (χ3v) is 3.44. The number of hydrogen-bond acceptors (Lipinski definition) is 5. The zero-order valence-electron chi connectivity index (χ0n) is 11.0. The minimum atomic E-state index is -0.187. The molecule has 106 valence electrons. The van der Waals surface area contributed by atoms with Gasteiger partial charge < -0.3 is 10.1 Å². The number of pyridine rings is 1. The number of aromatic nitrogens is 3. The van der Waals surface area contributed by atoms with E-state index in [9.17, 15) is 4.79 Å². The summed E-state index contributed by atoms with van der Waals surface area (Å²) in [7, 11) is 1.59. The Hall–Kier alpha value is -1.73. The first-order valence-corrected chi connectivity index (χ1v) is 6.90. The number of halogens is 1. The lowest BCUT2D eigenvalue weighted by atomic mass is 10.3. The molecule has 0 bridgehead atoms. The second-order valence-electron chi connectivity index (χ2n) is 4.07. The molecule has 0 radical (unpaired) electrons. The molecule has 0 saturated carbocycles. The van der Waals surface area contributed by atoms with Crippen molar-refractivity contribution in [3.63, 3.8) is 0 Å². The molecule has 2 aromatic rings. The standard InChI is InChI=1S/C13H15BrN4O2/c1-20-7-6-18-13(19)12(14)11(9-17-18)16-8-10-4-2-3-5-15-10/h2-5,9,16H,6-8H2,1H3. The highest BCUT2D eigenvalue weighted by atomic mass is 79.9. The molecule has 0 aliphatic heterocycles. The van der Waals surface area contributed by atoms with E-state index in [1.54, 1.807) is 19.5 Å². The number of ether oxygens (including phenoxy) is 1. The van der Waals surface area contributed by atoms with Gasteiger partial charge in [0, 0.05) is 13.3 Å². The van der Waals surface area contributed by atoms with E-state index in [0.717, 1.165) is 5.69 Å². The summed E-state index contributed by atoms with van der Waals surface area (Å²) in [6.45, 7) is 1.40. The van der Waals surface area contributed by atoms with Crippen molar-refractivity contribution < 1.29 is 4.74 Å². The van der Waals surface area contributed by atoms with Gasteiger partial charge in [-0.25, -0.2) is 4.68 Å². The molecule has 0 saturated heterocycles. The average molecular weight is 339 g/mol. The number of nitrogens with one attached hydrogen (secondary N) is 1. The highest BCUT2D eigenvalue weighted by Crippen LogP contribution is 2.16. The first-order chi connectivity index (χ1) is 9.72. The SMILES string of the molecule is COCCn1ncc(NCc2ccccn2)c(Br)c1=O. The molecule has 2 aromatic heterocycles. The lowest BCUT2D eigenvalue weighted by Gasteiger charge is -2.10. The van der Waals surface area contributed by atoms with Crippen molar-refractivity contribution in [3.05, 3.63) is 51.1 Å². The van der Waals surface area contributed by atoms with E-state index in [1.165, 1.54) is 4.68 Å². The molecule has 2 rings (SSSR count). The molecule has 0 aliphatic rings. The van der Waals surface area contributed by atoms with Crippen LogP contribution in [-0.2, 0) is 17.8 Å². The zero-order valence-corrected chi connectivity index (χ0v) is 12.6. The van der Waals surface area contributed by atoms with Crippen LogP contribution in [0, 0.1) is 0 Å². The molecule has 0 spiro atoms. The van der Waals surface area contributed by atoms with Crippen molar-refractivity contribution in [2.24, 2.45) is 0 Å². The molecular formula is C13H15BrN4O2. The largest absolute Gasteiger partial charge is 0.383 e. The summed E-state index contributed by atoms with van der Waals surface area (Å²) in [6.07, 6.45) is 3.34. The fraction of sp³-hybridized carbons (Fsp3) is 0.308. The van der Waals surface area contributed by atoms with Crippen molar-refractivity contribution in [1.82, 2.24) is 14.8 Å². The molecule has 0 unspecified atom stereocenters. The number of anilines is 1. The van der Waals surface area contributed by atoms with Crippen LogP contribution in [-0.4, -0.2) is 28.5 Å². The second-order valence-corrected chi connectivity index (χ2v) is 4.86. The molecule has 0 amide bonds. The Kier molecular flexibility index (Phi) is 5.25. The number of nitrogens with zero attached hydrogens (tertiary/aromatic N) is 3. The Morgan fingerprint density at radius 3 is 3.00 bits per heavy atom. The third-order valence-electron chi connectivity index (χ3n) is 2.68. The third kappa shape index (κ3) is 3.64. The summed E-state index contributed by atoms with van der Waals surface area (Å²) in [6, 6.07) is 5.69. The lowest BCUT2D eigenvalue weighted by molar-refractivity contribution is 0.181. The van der Waals surface area contributed by atoms with Gasteiger partial charge in [0.25, 0.3) is 5.56 Å². The highest BCUT2D eigenvalue weighted by Gasteiger charge is 2.08. The molecule has 0 atom stereocenters. The molecule has 6 nitrogen and oxygen atoms in total. The topological polar surface area (TPSA) is 69.0 Å². The first-order valence-electron chi connectivity index (χ1n) is 6.10. The Bertz CT molecular complexity index is 616. The fourth-order valence-electron chi connectivity index (χ4n) is 1.61. The van der Waals surface area contributed by atoms with Crippen LogP contribution in [0.1, 0.15) is 5.69 Å². The van der Waals surface area contributed by atoms with Gasteiger partial charge in [-0.05, 0) is 28.1 Å². The Morgan fingerprint density at radius 1 is 1.45 bits per heavy atom. The van der Waals surface area contributed by atoms with Gasteiger partial charge in [-0.2, -0.15) is 5.10 Å². The van der Waals surface area contributed by atoms with Crippen molar-refractivity contribution in [2.45, 2.75) is 13.1 Å². The van der Waals surface area contributed by atoms with Crippen molar-refractivity contribution in [3.8, 4) is 0 Å². The van der Waals surface area contributed by atoms with Crippen LogP contribution < -0.4 is 10.9 Å². The van der Waals surface area contributed by atoms with Crippen molar-refractivity contribution >= 4 is 21.6 Å². The number of hydrogen-bond donors (Lipinski definition) is 1. The maximum absolute atomic E-state index is 12.0. The van der Waals surface area contributed by atoms with Crippen LogP contribution in [0.2, 0.25) is 0 Å². The normalized spacial score (nSPS) is 10.5. The summed E-state index contributed by atoms with van der Waals surface area (Å²) < 4.78 is 6.76. The lowest BCUT2D eigenvalue weighted by Crippen LogP contribution is -2.26. The van der Waals surface area contributed by atoms with E-state index in [2.05, 4.69) is 31.3 Å². The number of rotatable bonds is 6. The van der Waals surface area contributed by atoms with Crippen LogP contribution in [0.3, 0.4) is 0 Å². The molecule has 0 fully saturated rings. The van der Waals surface area contributed by atoms with Crippen LogP contribution >= 0.6 is 15.9 Å². The molecule has 0 aromatic carbocycles. The molecule has 0 aliphatic carbocycles. The Labute approximate surface area is 124 Å². The fourth-order valence-corrected chi connectivity index (χ4v) is 2.06. The average Bonchev–Trinajstić information content (AvgIpc) is 2.49. The zero-order chi connectivity index (χ0) is 14.4. The monoisotopic (exact) mass is 338 g/mol. The maximum atomic E-state index is 12.0. The molecule has 1 N–H and O–H groups in total. The first kappa shape index (κ1) is 14.7. The molecule has 2 heterocycles. The van der Waals surface area contributed by atoms with E-state index < -0.39 is 0 Å². The minimum Gasteiger partial charge on any atom is -0.383 e. The number of methoxy groups -OCH3 is 1. The predicted molar refractivity (Wildman–Crippen MR) is 79.6 cm³/mol. The molecule has 7 heteroatoms. The summed E-state index contributed by atoms with van der Waals surface area (Å²) in [5, 5.41) is 7.24. The van der Waals surface area contributed by atoms with E-state index in [1.807, 2.05) is 18.2 Å². The quantitative estimate of drug-likeness (QED) is 0.867. The van der Waals surface area contributed by atoms with Crippen LogP contribution in [0.25, 0.3) is 0 Å². The van der Waals surface area contributed by atoms with E-state index in [4.69, 9.17) is 4.74 Å². The van der Waals surface area contributed by atoms with Gasteiger partial charge in [0.05, 0.1) is 37.3 Å². The van der Waals surface area contributed by atoms with Crippen molar-refractivity contribution in [2.75, 3.05) is 19.0 Å². The van der Waals surface area contributed by atoms with Crippen LogP contribution in [0.5, 0.6) is 0 Å². The Balaban J connectivity index is 2.09. The second kappa shape index (κ2) is 7.16. The highest BCUT2D eigenvalue weighted by molar-refractivity contribution is 9.10. The molecule has 20 heavy (non-hydrogen) atoms. The summed E-state index contributed by atoms with van der Waals surface area (Å²) in [5.74, 6) is 0. The minimum absolute atomic E-state index is 0.187. The van der Waals surface area contributed by atoms with Crippen LogP contribution in [0.15, 0.2) is 39.9 Å².